The van der Waals surface area contributed by atoms with Gasteiger partial charge in [-0.05, 0) is 74.6 Å². The Morgan fingerprint density at radius 1 is 1.06 bits per heavy atom. The van der Waals surface area contributed by atoms with Crippen LogP contribution in [0.5, 0.6) is 0 Å². The van der Waals surface area contributed by atoms with Crippen LogP contribution in [0.1, 0.15) is 49.8 Å². The molecule has 1 N–H and O–H groups in total. The summed E-state index contributed by atoms with van der Waals surface area (Å²) in [6.07, 6.45) is 2.27. The summed E-state index contributed by atoms with van der Waals surface area (Å²) in [7, 11) is -3.55. The van der Waals surface area contributed by atoms with Crippen LogP contribution in [-0.4, -0.2) is 50.5 Å². The fraction of sp³-hybridized carbons (Fsp3) is 0.462. The van der Waals surface area contributed by atoms with Gasteiger partial charge in [-0.25, -0.2) is 8.42 Å². The van der Waals surface area contributed by atoms with E-state index < -0.39 is 16.1 Å². The second kappa shape index (κ2) is 13.3. The molecule has 2 aromatic rings. The van der Waals surface area contributed by atoms with Crippen molar-refractivity contribution in [3.8, 4) is 0 Å². The maximum Gasteiger partial charge on any atom is 0.242 e. The summed E-state index contributed by atoms with van der Waals surface area (Å²) >= 11 is 12.3. The predicted molar refractivity (Wildman–Crippen MR) is 147 cm³/mol. The third-order valence-electron chi connectivity index (χ3n) is 6.00. The lowest BCUT2D eigenvalue weighted by Crippen LogP contribution is -2.48. The molecule has 0 saturated heterocycles. The van der Waals surface area contributed by atoms with Gasteiger partial charge in [-0.15, -0.1) is 0 Å². The van der Waals surface area contributed by atoms with Gasteiger partial charge in [0, 0.05) is 36.1 Å². The van der Waals surface area contributed by atoms with E-state index >= 15 is 0 Å². The van der Waals surface area contributed by atoms with E-state index in [-0.39, 0.29) is 37.7 Å². The number of carbonyl (C=O) groups excluding carboxylic acids is 2. The number of carbonyl (C=O) groups is 2. The van der Waals surface area contributed by atoms with Crippen LogP contribution in [0.3, 0.4) is 0 Å². The predicted octanol–water partition coefficient (Wildman–Crippen LogP) is 5.10. The van der Waals surface area contributed by atoms with Crippen molar-refractivity contribution in [3.05, 3.63) is 63.1 Å². The lowest BCUT2D eigenvalue weighted by atomic mass is 10.1. The number of hydrogen-bond acceptors (Lipinski definition) is 4. The van der Waals surface area contributed by atoms with Gasteiger partial charge in [0.15, 0.2) is 0 Å². The monoisotopic (exact) mass is 555 g/mol. The zero-order valence-electron chi connectivity index (χ0n) is 21.5. The molecule has 0 aliphatic rings. The minimum Gasteiger partial charge on any atom is -0.354 e. The summed E-state index contributed by atoms with van der Waals surface area (Å²) < 4.78 is 26.3. The number of sulfonamides is 1. The molecular weight excluding hydrogens is 521 g/mol. The van der Waals surface area contributed by atoms with Crippen LogP contribution in [0.25, 0.3) is 0 Å². The molecule has 0 fully saturated rings. The molecule has 0 radical (unpaired) electrons. The molecule has 0 aliphatic heterocycles. The zero-order chi connectivity index (χ0) is 27.0. The number of nitrogens with one attached hydrogen (secondary N) is 1. The minimum atomic E-state index is -3.55. The summed E-state index contributed by atoms with van der Waals surface area (Å²) in [5, 5.41) is 3.70. The third-order valence-corrected chi connectivity index (χ3v) is 7.78. The van der Waals surface area contributed by atoms with Gasteiger partial charge in [-0.3, -0.25) is 13.9 Å². The van der Waals surface area contributed by atoms with E-state index in [0.29, 0.717) is 27.8 Å². The van der Waals surface area contributed by atoms with E-state index in [1.165, 1.54) is 9.21 Å². The number of amides is 2. The van der Waals surface area contributed by atoms with E-state index in [0.717, 1.165) is 23.8 Å². The standard InChI is InChI=1S/C26H35Cl2N3O4S/c1-6-13-29-26(33)20(4)30(17-21-10-11-22(27)16-24(21)28)25(32)8-7-14-31(36(5,34)35)23-12-9-18(2)19(3)15-23/h9-12,15-16,20H,6-8,13-14,17H2,1-5H3,(H,29,33)/t20-/m0/s1. The molecule has 2 rings (SSSR count). The molecule has 7 nitrogen and oxygen atoms in total. The Kier molecular flexibility index (Phi) is 11.1. The topological polar surface area (TPSA) is 86.8 Å². The Labute approximate surface area is 224 Å². The number of hydrogen-bond donors (Lipinski definition) is 1. The summed E-state index contributed by atoms with van der Waals surface area (Å²) in [6, 6.07) is 9.74. The van der Waals surface area contributed by atoms with Crippen LogP contribution >= 0.6 is 23.2 Å². The average molecular weight is 557 g/mol. The lowest BCUT2D eigenvalue weighted by molar-refractivity contribution is -0.140. The van der Waals surface area contributed by atoms with Crippen molar-refractivity contribution in [2.45, 2.75) is 59.5 Å². The molecule has 0 spiro atoms. The van der Waals surface area contributed by atoms with Gasteiger partial charge in [-0.1, -0.05) is 42.3 Å². The summed E-state index contributed by atoms with van der Waals surface area (Å²) in [5.74, 6) is -0.531. The van der Waals surface area contributed by atoms with E-state index in [2.05, 4.69) is 5.32 Å². The van der Waals surface area contributed by atoms with E-state index in [9.17, 15) is 18.0 Å². The molecule has 198 valence electrons. The van der Waals surface area contributed by atoms with Gasteiger partial charge >= 0.3 is 0 Å². The van der Waals surface area contributed by atoms with Crippen molar-refractivity contribution in [2.24, 2.45) is 0 Å². The first-order valence-corrected chi connectivity index (χ1v) is 14.5. The molecule has 0 heterocycles. The fourth-order valence-corrected chi connectivity index (χ4v) is 5.12. The van der Waals surface area contributed by atoms with Crippen LogP contribution in [0, 0.1) is 13.8 Å². The van der Waals surface area contributed by atoms with Gasteiger partial charge in [0.2, 0.25) is 21.8 Å². The van der Waals surface area contributed by atoms with E-state index in [1.807, 2.05) is 32.9 Å². The normalized spacial score (nSPS) is 12.2. The molecule has 10 heteroatoms. The molecule has 0 aliphatic carbocycles. The van der Waals surface area contributed by atoms with Gasteiger partial charge in [0.25, 0.3) is 0 Å². The Morgan fingerprint density at radius 2 is 1.75 bits per heavy atom. The first-order valence-electron chi connectivity index (χ1n) is 11.9. The van der Waals surface area contributed by atoms with E-state index in [1.54, 1.807) is 31.2 Å². The second-order valence-corrected chi connectivity index (χ2v) is 11.7. The van der Waals surface area contributed by atoms with Crippen molar-refractivity contribution < 1.29 is 18.0 Å². The smallest absolute Gasteiger partial charge is 0.242 e. The molecular formula is C26H35Cl2N3O4S. The van der Waals surface area contributed by atoms with Gasteiger partial charge in [0.05, 0.1) is 11.9 Å². The SMILES string of the molecule is CCCNC(=O)[C@H](C)N(Cc1ccc(Cl)cc1Cl)C(=O)CCCN(c1ccc(C)c(C)c1)S(C)(=O)=O. The average Bonchev–Trinajstić information content (AvgIpc) is 2.80. The number of anilines is 1. The largest absolute Gasteiger partial charge is 0.354 e. The highest BCUT2D eigenvalue weighted by molar-refractivity contribution is 7.92. The van der Waals surface area contributed by atoms with Crippen LogP contribution < -0.4 is 9.62 Å². The van der Waals surface area contributed by atoms with Crippen LogP contribution in [0.2, 0.25) is 10.0 Å². The maximum absolute atomic E-state index is 13.3. The Morgan fingerprint density at radius 3 is 2.33 bits per heavy atom. The number of halogens is 2. The fourth-order valence-electron chi connectivity index (χ4n) is 3.70. The lowest BCUT2D eigenvalue weighted by Gasteiger charge is -2.30. The Balaban J connectivity index is 2.20. The second-order valence-electron chi connectivity index (χ2n) is 8.93. The zero-order valence-corrected chi connectivity index (χ0v) is 23.8. The molecule has 2 amide bonds. The quantitative estimate of drug-likeness (QED) is 0.394. The highest BCUT2D eigenvalue weighted by Gasteiger charge is 2.27. The van der Waals surface area contributed by atoms with Crippen molar-refractivity contribution >= 4 is 50.7 Å². The first-order chi connectivity index (χ1) is 16.8. The van der Waals surface area contributed by atoms with Crippen LogP contribution in [-0.2, 0) is 26.2 Å². The molecule has 0 saturated carbocycles. The van der Waals surface area contributed by atoms with E-state index in [4.69, 9.17) is 23.2 Å². The minimum absolute atomic E-state index is 0.0630. The van der Waals surface area contributed by atoms with Crippen LogP contribution in [0.15, 0.2) is 36.4 Å². The first kappa shape index (κ1) is 29.9. The maximum atomic E-state index is 13.3. The van der Waals surface area contributed by atoms with Crippen LogP contribution in [0.4, 0.5) is 5.69 Å². The molecule has 2 aromatic carbocycles. The number of benzene rings is 2. The molecule has 0 bridgehead atoms. The molecule has 36 heavy (non-hydrogen) atoms. The highest BCUT2D eigenvalue weighted by Crippen LogP contribution is 2.25. The van der Waals surface area contributed by atoms with Gasteiger partial charge < -0.3 is 10.2 Å². The molecule has 0 aromatic heterocycles. The Bertz CT molecular complexity index is 1190. The summed E-state index contributed by atoms with van der Waals surface area (Å²) in [4.78, 5) is 27.5. The Hall–Kier alpha value is -2.29. The number of nitrogens with zero attached hydrogens (tertiary/aromatic N) is 2. The number of aryl methyl sites for hydroxylation is 2. The summed E-state index contributed by atoms with van der Waals surface area (Å²) in [5.41, 5.74) is 3.27. The van der Waals surface area contributed by atoms with Crippen molar-refractivity contribution in [2.75, 3.05) is 23.7 Å². The summed E-state index contributed by atoms with van der Waals surface area (Å²) in [6.45, 7) is 8.28. The van der Waals surface area contributed by atoms with Crippen molar-refractivity contribution in [1.29, 1.82) is 0 Å². The highest BCUT2D eigenvalue weighted by atomic mass is 35.5. The molecule has 0 unspecified atom stereocenters. The number of rotatable bonds is 12. The van der Waals surface area contributed by atoms with Crippen molar-refractivity contribution in [3.63, 3.8) is 0 Å². The van der Waals surface area contributed by atoms with Gasteiger partial charge in [-0.2, -0.15) is 0 Å². The third kappa shape index (κ3) is 8.39. The molecule has 1 atom stereocenters. The van der Waals surface area contributed by atoms with Gasteiger partial charge in [0.1, 0.15) is 6.04 Å². The van der Waals surface area contributed by atoms with Crippen molar-refractivity contribution in [1.82, 2.24) is 10.2 Å².